The molecule has 8 heteroatoms. The fraction of sp³-hybridized carbons (Fsp3) is 0.214. The third-order valence-corrected chi connectivity index (χ3v) is 6.61. The summed E-state index contributed by atoms with van der Waals surface area (Å²) in [6.07, 6.45) is 1.53. The number of piperazine rings is 1. The smallest absolute Gasteiger partial charge is 0.253 e. The molecule has 5 rings (SSSR count). The molecule has 1 aromatic heterocycles. The lowest BCUT2D eigenvalue weighted by atomic mass is 9.98. The van der Waals surface area contributed by atoms with Crippen LogP contribution < -0.4 is 10.5 Å². The summed E-state index contributed by atoms with van der Waals surface area (Å²) in [7, 11) is 3.57. The second-order valence-electron chi connectivity index (χ2n) is 8.91. The number of aromatic nitrogens is 2. The summed E-state index contributed by atoms with van der Waals surface area (Å²) in [6, 6.07) is 18.8. The van der Waals surface area contributed by atoms with Crippen molar-refractivity contribution in [2.45, 2.75) is 0 Å². The maximum atomic E-state index is 13.2. The summed E-state index contributed by atoms with van der Waals surface area (Å²) in [5.74, 6) is -0.0977. The van der Waals surface area contributed by atoms with E-state index in [0.717, 1.165) is 46.4 Å². The van der Waals surface area contributed by atoms with Crippen LogP contribution in [0.3, 0.4) is 0 Å². The van der Waals surface area contributed by atoms with Crippen molar-refractivity contribution in [3.63, 3.8) is 0 Å². The first-order valence-electron chi connectivity index (χ1n) is 11.8. The first-order chi connectivity index (χ1) is 17.4. The zero-order valence-electron chi connectivity index (χ0n) is 20.3. The van der Waals surface area contributed by atoms with E-state index in [1.54, 1.807) is 12.1 Å². The van der Waals surface area contributed by atoms with Crippen LogP contribution in [0.4, 0.5) is 0 Å². The first-order valence-corrected chi connectivity index (χ1v) is 11.8. The van der Waals surface area contributed by atoms with Gasteiger partial charge in [0.05, 0.1) is 23.9 Å². The van der Waals surface area contributed by atoms with Gasteiger partial charge in [0.15, 0.2) is 0 Å². The molecule has 2 amide bonds. The van der Waals surface area contributed by atoms with Crippen LogP contribution in [0.1, 0.15) is 20.7 Å². The van der Waals surface area contributed by atoms with Gasteiger partial charge in [-0.1, -0.05) is 24.3 Å². The van der Waals surface area contributed by atoms with Gasteiger partial charge in [-0.2, -0.15) is 0 Å². The van der Waals surface area contributed by atoms with Crippen LogP contribution in [0.2, 0.25) is 0 Å². The predicted octanol–water partition coefficient (Wildman–Crippen LogP) is 3.46. The van der Waals surface area contributed by atoms with Crippen LogP contribution in [-0.4, -0.2) is 71.9 Å². The SMILES string of the molecule is COc1ccc(-c2ccc3ncnc(-c4cccc(C(=O)N5CCN(C)CC5)c4)c3c2)cc1C(N)=O. The van der Waals surface area contributed by atoms with Gasteiger partial charge in [0, 0.05) is 42.7 Å². The molecular formula is C28H27N5O3. The van der Waals surface area contributed by atoms with E-state index in [4.69, 9.17) is 10.5 Å². The molecule has 1 aliphatic rings. The summed E-state index contributed by atoms with van der Waals surface area (Å²) in [5.41, 5.74) is 10.6. The fourth-order valence-corrected chi connectivity index (χ4v) is 4.54. The van der Waals surface area contributed by atoms with Crippen LogP contribution in [0.15, 0.2) is 67.0 Å². The van der Waals surface area contributed by atoms with E-state index in [-0.39, 0.29) is 5.91 Å². The summed E-state index contributed by atoms with van der Waals surface area (Å²) in [6.45, 7) is 3.17. The summed E-state index contributed by atoms with van der Waals surface area (Å²) in [5, 5.41) is 0.843. The molecule has 2 heterocycles. The topological polar surface area (TPSA) is 102 Å². The maximum absolute atomic E-state index is 13.2. The number of fused-ring (bicyclic) bond motifs is 1. The minimum atomic E-state index is -0.555. The number of rotatable bonds is 5. The third-order valence-electron chi connectivity index (χ3n) is 6.61. The van der Waals surface area contributed by atoms with E-state index in [9.17, 15) is 9.59 Å². The predicted molar refractivity (Wildman–Crippen MR) is 139 cm³/mol. The number of amides is 2. The molecule has 0 bridgehead atoms. The number of hydrogen-bond acceptors (Lipinski definition) is 6. The number of carbonyl (C=O) groups is 2. The Bertz CT molecular complexity index is 1460. The lowest BCUT2D eigenvalue weighted by Crippen LogP contribution is -2.47. The van der Waals surface area contributed by atoms with Crippen LogP contribution in [0.5, 0.6) is 5.75 Å². The number of likely N-dealkylation sites (N-methyl/N-ethyl adjacent to an activating group) is 1. The van der Waals surface area contributed by atoms with Gasteiger partial charge in [0.25, 0.3) is 11.8 Å². The Hall–Kier alpha value is -4.30. The van der Waals surface area contributed by atoms with Crippen LogP contribution >= 0.6 is 0 Å². The van der Waals surface area contributed by atoms with E-state index in [1.807, 2.05) is 53.4 Å². The lowest BCUT2D eigenvalue weighted by molar-refractivity contribution is 0.0664. The first kappa shape index (κ1) is 23.4. The van der Waals surface area contributed by atoms with Crippen molar-refractivity contribution in [3.05, 3.63) is 78.1 Å². The normalized spacial score (nSPS) is 14.1. The molecule has 2 N–H and O–H groups in total. The van der Waals surface area contributed by atoms with Gasteiger partial charge < -0.3 is 20.3 Å². The molecule has 0 atom stereocenters. The quantitative estimate of drug-likeness (QED) is 0.469. The molecule has 1 aliphatic heterocycles. The van der Waals surface area contributed by atoms with Gasteiger partial charge in [-0.15, -0.1) is 0 Å². The van der Waals surface area contributed by atoms with Gasteiger partial charge in [0.2, 0.25) is 0 Å². The molecule has 8 nitrogen and oxygen atoms in total. The highest BCUT2D eigenvalue weighted by atomic mass is 16.5. The average Bonchev–Trinajstić information content (AvgIpc) is 2.92. The van der Waals surface area contributed by atoms with Gasteiger partial charge in [-0.3, -0.25) is 9.59 Å². The van der Waals surface area contributed by atoms with Gasteiger partial charge in [0.1, 0.15) is 12.1 Å². The largest absolute Gasteiger partial charge is 0.496 e. The molecule has 0 saturated carbocycles. The Balaban J connectivity index is 1.54. The van der Waals surface area contributed by atoms with E-state index in [2.05, 4.69) is 21.9 Å². The zero-order chi connectivity index (χ0) is 25.2. The molecular weight excluding hydrogens is 454 g/mol. The Morgan fingerprint density at radius 3 is 2.39 bits per heavy atom. The molecule has 0 spiro atoms. The molecule has 182 valence electrons. The third kappa shape index (κ3) is 4.50. The molecule has 0 unspecified atom stereocenters. The number of benzene rings is 3. The Kier molecular flexibility index (Phi) is 6.35. The van der Waals surface area contributed by atoms with Crippen molar-refractivity contribution in [1.82, 2.24) is 19.8 Å². The van der Waals surface area contributed by atoms with Crippen molar-refractivity contribution >= 4 is 22.7 Å². The van der Waals surface area contributed by atoms with Crippen molar-refractivity contribution < 1.29 is 14.3 Å². The zero-order valence-corrected chi connectivity index (χ0v) is 20.3. The lowest BCUT2D eigenvalue weighted by Gasteiger charge is -2.32. The van der Waals surface area contributed by atoms with E-state index in [0.29, 0.717) is 30.0 Å². The van der Waals surface area contributed by atoms with Crippen LogP contribution in [0.25, 0.3) is 33.3 Å². The summed E-state index contributed by atoms with van der Waals surface area (Å²) >= 11 is 0. The highest BCUT2D eigenvalue weighted by molar-refractivity contribution is 6.00. The van der Waals surface area contributed by atoms with Crippen molar-refractivity contribution in [2.75, 3.05) is 40.3 Å². The number of carbonyl (C=O) groups excluding carboxylic acids is 2. The Labute approximate surface area is 209 Å². The molecule has 1 saturated heterocycles. The Morgan fingerprint density at radius 2 is 1.64 bits per heavy atom. The van der Waals surface area contributed by atoms with Crippen LogP contribution in [-0.2, 0) is 0 Å². The highest BCUT2D eigenvalue weighted by Crippen LogP contribution is 2.32. The van der Waals surface area contributed by atoms with Crippen molar-refractivity contribution in [1.29, 1.82) is 0 Å². The summed E-state index contributed by atoms with van der Waals surface area (Å²) in [4.78, 5) is 38.2. The maximum Gasteiger partial charge on any atom is 0.253 e. The minimum absolute atomic E-state index is 0.0289. The minimum Gasteiger partial charge on any atom is -0.496 e. The number of nitrogens with zero attached hydrogens (tertiary/aromatic N) is 4. The van der Waals surface area contributed by atoms with Crippen LogP contribution in [0, 0.1) is 0 Å². The molecule has 3 aromatic carbocycles. The number of nitrogens with two attached hydrogens (primary N) is 1. The molecule has 1 fully saturated rings. The number of ether oxygens (including phenoxy) is 1. The second-order valence-corrected chi connectivity index (χ2v) is 8.91. The Morgan fingerprint density at radius 1 is 0.889 bits per heavy atom. The highest BCUT2D eigenvalue weighted by Gasteiger charge is 2.21. The molecule has 4 aromatic rings. The monoisotopic (exact) mass is 481 g/mol. The van der Waals surface area contributed by atoms with Crippen molar-refractivity contribution in [2.24, 2.45) is 5.73 Å². The standard InChI is InChI=1S/C28H27N5O3/c1-32-10-12-33(13-11-32)28(35)21-5-3-4-20(14-21)26-22-15-18(6-8-24(22)30-17-31-26)19-7-9-25(36-2)23(16-19)27(29)34/h3-9,14-17H,10-13H2,1-2H3,(H2,29,34). The molecule has 0 radical (unpaired) electrons. The molecule has 0 aliphatic carbocycles. The van der Waals surface area contributed by atoms with Gasteiger partial charge >= 0.3 is 0 Å². The van der Waals surface area contributed by atoms with Gasteiger partial charge in [-0.25, -0.2) is 9.97 Å². The van der Waals surface area contributed by atoms with Crippen molar-refractivity contribution in [3.8, 4) is 28.1 Å². The average molecular weight is 482 g/mol. The number of methoxy groups -OCH3 is 1. The fourth-order valence-electron chi connectivity index (χ4n) is 4.54. The van der Waals surface area contributed by atoms with E-state index in [1.165, 1.54) is 13.4 Å². The molecule has 36 heavy (non-hydrogen) atoms. The second kappa shape index (κ2) is 9.75. The number of primary amides is 1. The number of hydrogen-bond donors (Lipinski definition) is 1. The van der Waals surface area contributed by atoms with Gasteiger partial charge in [-0.05, 0) is 54.6 Å². The summed E-state index contributed by atoms with van der Waals surface area (Å²) < 4.78 is 5.27. The van der Waals surface area contributed by atoms with E-state index >= 15 is 0 Å². The van der Waals surface area contributed by atoms with E-state index < -0.39 is 5.91 Å².